The van der Waals surface area contributed by atoms with Gasteiger partial charge in [-0.25, -0.2) is 0 Å². The van der Waals surface area contributed by atoms with E-state index in [9.17, 15) is 24.6 Å². The molecule has 5 rings (SSSR count). The molecule has 0 saturated carbocycles. The molecule has 11 heteroatoms. The van der Waals surface area contributed by atoms with Crippen molar-refractivity contribution in [3.8, 4) is 51.6 Å². The molecule has 2 heterocycles. The number of fused-ring (bicyclic) bond motifs is 3. The van der Waals surface area contributed by atoms with Gasteiger partial charge in [0.1, 0.15) is 28.2 Å². The van der Waals surface area contributed by atoms with Gasteiger partial charge in [0.2, 0.25) is 5.75 Å². The van der Waals surface area contributed by atoms with Gasteiger partial charge in [0, 0.05) is 36.1 Å². The molecule has 4 aromatic rings. The van der Waals surface area contributed by atoms with E-state index in [-0.39, 0.29) is 57.6 Å². The van der Waals surface area contributed by atoms with Gasteiger partial charge in [-0.1, -0.05) is 0 Å². The maximum Gasteiger partial charge on any atom is 0.312 e. The Morgan fingerprint density at radius 1 is 0.900 bits per heavy atom. The van der Waals surface area contributed by atoms with E-state index in [1.807, 2.05) is 0 Å². The molecule has 0 aliphatic carbocycles. The molecule has 1 aliphatic heterocycles. The third-order valence-corrected chi connectivity index (χ3v) is 6.52. The Hall–Kier alpha value is -5.19. The minimum atomic E-state index is -0.740. The minimum absolute atomic E-state index is 0.00567. The lowest BCUT2D eigenvalue weighted by molar-refractivity contribution is -0.135. The maximum atomic E-state index is 13.2. The smallest absolute Gasteiger partial charge is 0.312 e. The van der Waals surface area contributed by atoms with Crippen LogP contribution in [0.25, 0.3) is 22.3 Å². The van der Waals surface area contributed by atoms with Crippen molar-refractivity contribution < 1.29 is 47.9 Å². The van der Waals surface area contributed by atoms with Crippen molar-refractivity contribution >= 4 is 22.9 Å². The summed E-state index contributed by atoms with van der Waals surface area (Å²) in [4.78, 5) is 37.6. The number of hydrogen-bond donors (Lipinski definition) is 2. The van der Waals surface area contributed by atoms with Crippen LogP contribution in [-0.4, -0.2) is 43.5 Å². The Kier molecular flexibility index (Phi) is 6.72. The van der Waals surface area contributed by atoms with Crippen molar-refractivity contribution in [1.82, 2.24) is 0 Å². The number of carbonyl (C=O) groups excluding carboxylic acids is 2. The number of phenolic OH excluding ortho intramolecular Hbond substituents is 2. The third kappa shape index (κ3) is 4.51. The van der Waals surface area contributed by atoms with E-state index in [1.165, 1.54) is 52.5 Å². The summed E-state index contributed by atoms with van der Waals surface area (Å²) >= 11 is 0. The standard InChI is InChI=1S/C29H24O11/c1-13(30)38-28-23(36-3)8-15(9-24(28)37-4)16-10-25(34)39-22-12-19(33)27-18(32)11-21(40-29(27)26(16)22)14-5-6-20(35-2)17(31)7-14/h5-9,11-12,16,31,33H,10H2,1-4H3/t16-/m1/s1. The largest absolute Gasteiger partial charge is 0.507 e. The number of hydrogen-bond acceptors (Lipinski definition) is 11. The highest BCUT2D eigenvalue weighted by atomic mass is 16.6. The van der Waals surface area contributed by atoms with Crippen LogP contribution >= 0.6 is 0 Å². The first-order valence-electron chi connectivity index (χ1n) is 12.0. The average molecular weight is 549 g/mol. The zero-order valence-electron chi connectivity index (χ0n) is 21.9. The molecule has 0 spiro atoms. The summed E-state index contributed by atoms with van der Waals surface area (Å²) in [5, 5.41) is 20.9. The summed E-state index contributed by atoms with van der Waals surface area (Å²) in [5.74, 6) is -1.78. The van der Waals surface area contributed by atoms with E-state index in [2.05, 4.69) is 0 Å². The first-order chi connectivity index (χ1) is 19.1. The number of carbonyl (C=O) groups is 2. The van der Waals surface area contributed by atoms with Gasteiger partial charge < -0.3 is 38.3 Å². The Morgan fingerprint density at radius 3 is 2.17 bits per heavy atom. The summed E-state index contributed by atoms with van der Waals surface area (Å²) in [7, 11) is 4.18. The van der Waals surface area contributed by atoms with Gasteiger partial charge in [0.15, 0.2) is 28.4 Å². The third-order valence-electron chi connectivity index (χ3n) is 6.52. The van der Waals surface area contributed by atoms with Crippen LogP contribution in [-0.2, 0) is 9.59 Å². The van der Waals surface area contributed by atoms with Crippen LogP contribution < -0.4 is 29.1 Å². The average Bonchev–Trinajstić information content (AvgIpc) is 2.91. The van der Waals surface area contributed by atoms with Crippen molar-refractivity contribution in [3.05, 3.63) is 63.8 Å². The van der Waals surface area contributed by atoms with Crippen LogP contribution in [0.3, 0.4) is 0 Å². The van der Waals surface area contributed by atoms with Crippen LogP contribution in [0, 0.1) is 0 Å². The molecule has 3 aromatic carbocycles. The topological polar surface area (TPSA) is 151 Å². The van der Waals surface area contributed by atoms with Crippen molar-refractivity contribution in [1.29, 1.82) is 0 Å². The molecule has 206 valence electrons. The van der Waals surface area contributed by atoms with Crippen molar-refractivity contribution in [2.75, 3.05) is 21.3 Å². The fourth-order valence-electron chi connectivity index (χ4n) is 4.77. The predicted molar refractivity (Wildman–Crippen MR) is 141 cm³/mol. The maximum absolute atomic E-state index is 13.2. The molecule has 40 heavy (non-hydrogen) atoms. The van der Waals surface area contributed by atoms with Gasteiger partial charge in [-0.15, -0.1) is 0 Å². The van der Waals surface area contributed by atoms with Crippen molar-refractivity contribution in [2.45, 2.75) is 19.3 Å². The van der Waals surface area contributed by atoms with E-state index in [1.54, 1.807) is 18.2 Å². The highest BCUT2D eigenvalue weighted by Crippen LogP contribution is 2.49. The predicted octanol–water partition coefficient (Wildman–Crippen LogP) is 4.26. The Labute approximate surface area is 227 Å². The zero-order chi connectivity index (χ0) is 28.7. The molecule has 0 unspecified atom stereocenters. The summed E-state index contributed by atoms with van der Waals surface area (Å²) < 4.78 is 32.9. The van der Waals surface area contributed by atoms with Crippen LogP contribution in [0.5, 0.6) is 40.2 Å². The van der Waals surface area contributed by atoms with Gasteiger partial charge in [-0.2, -0.15) is 0 Å². The van der Waals surface area contributed by atoms with Crippen LogP contribution in [0.2, 0.25) is 0 Å². The lowest BCUT2D eigenvalue weighted by Gasteiger charge is -2.27. The molecule has 1 atom stereocenters. The molecule has 2 N–H and O–H groups in total. The molecule has 0 amide bonds. The lowest BCUT2D eigenvalue weighted by atomic mass is 9.84. The lowest BCUT2D eigenvalue weighted by Crippen LogP contribution is -2.22. The van der Waals surface area contributed by atoms with Gasteiger partial charge in [0.05, 0.1) is 27.8 Å². The van der Waals surface area contributed by atoms with Crippen molar-refractivity contribution in [3.63, 3.8) is 0 Å². The number of aromatic hydroxyl groups is 2. The fraction of sp³-hybridized carbons (Fsp3) is 0.207. The molecule has 0 bridgehead atoms. The second-order valence-electron chi connectivity index (χ2n) is 8.95. The zero-order valence-corrected chi connectivity index (χ0v) is 21.9. The summed E-state index contributed by atoms with van der Waals surface area (Å²) in [6, 6.07) is 10.0. The quantitative estimate of drug-likeness (QED) is 0.263. The van der Waals surface area contributed by atoms with Crippen LogP contribution in [0.4, 0.5) is 0 Å². The first kappa shape index (κ1) is 26.4. The van der Waals surface area contributed by atoms with Crippen LogP contribution in [0.15, 0.2) is 51.7 Å². The van der Waals surface area contributed by atoms with Gasteiger partial charge >= 0.3 is 11.9 Å². The van der Waals surface area contributed by atoms with Crippen LogP contribution in [0.1, 0.15) is 30.4 Å². The van der Waals surface area contributed by atoms with Gasteiger partial charge in [-0.05, 0) is 35.9 Å². The van der Waals surface area contributed by atoms with E-state index < -0.39 is 29.0 Å². The molecular formula is C29H24O11. The molecule has 0 saturated heterocycles. The van der Waals surface area contributed by atoms with E-state index in [4.69, 9.17) is 28.1 Å². The van der Waals surface area contributed by atoms with Gasteiger partial charge in [0.25, 0.3) is 0 Å². The summed E-state index contributed by atoms with van der Waals surface area (Å²) in [6.07, 6.45) is -0.149. The molecule has 0 fully saturated rings. The van der Waals surface area contributed by atoms with Gasteiger partial charge in [-0.3, -0.25) is 14.4 Å². The Balaban J connectivity index is 1.78. The first-order valence-corrected chi connectivity index (χ1v) is 12.0. The molecule has 1 aliphatic rings. The highest BCUT2D eigenvalue weighted by Gasteiger charge is 2.35. The fourth-order valence-corrected chi connectivity index (χ4v) is 4.77. The number of esters is 2. The SMILES string of the molecule is COc1ccc(-c2cc(=O)c3c(O)cc4c(c3o2)[C@@H](c2cc(OC)c(OC(C)=O)c(OC)c2)CC(=O)O4)cc1O. The summed E-state index contributed by atoms with van der Waals surface area (Å²) in [6.45, 7) is 1.24. The monoisotopic (exact) mass is 548 g/mol. The number of ether oxygens (including phenoxy) is 5. The van der Waals surface area contributed by atoms with E-state index in [0.29, 0.717) is 16.7 Å². The Bertz CT molecular complexity index is 1710. The second-order valence-corrected chi connectivity index (χ2v) is 8.95. The highest BCUT2D eigenvalue weighted by molar-refractivity contribution is 5.93. The number of phenols is 2. The normalized spacial score (nSPS) is 14.3. The summed E-state index contributed by atoms with van der Waals surface area (Å²) in [5.41, 5.74) is 0.640. The van der Waals surface area contributed by atoms with Crippen molar-refractivity contribution in [2.24, 2.45) is 0 Å². The molecule has 11 nitrogen and oxygen atoms in total. The molecule has 1 aromatic heterocycles. The number of methoxy groups -OCH3 is 3. The number of rotatable bonds is 6. The van der Waals surface area contributed by atoms with E-state index >= 15 is 0 Å². The number of benzene rings is 3. The minimum Gasteiger partial charge on any atom is -0.507 e. The second kappa shape index (κ2) is 10.2. The van der Waals surface area contributed by atoms with E-state index in [0.717, 1.165) is 0 Å². The molecular weight excluding hydrogens is 524 g/mol. The Morgan fingerprint density at radius 2 is 1.57 bits per heavy atom. The molecule has 0 radical (unpaired) electrons.